The van der Waals surface area contributed by atoms with Gasteiger partial charge in [0, 0.05) is 16.7 Å². The van der Waals surface area contributed by atoms with Gasteiger partial charge in [-0.2, -0.15) is 0 Å². The zero-order chi connectivity index (χ0) is 21.8. The summed E-state index contributed by atoms with van der Waals surface area (Å²) < 4.78 is 11.2. The zero-order valence-electron chi connectivity index (χ0n) is 17.1. The van der Waals surface area contributed by atoms with Crippen molar-refractivity contribution in [3.8, 4) is 11.5 Å². The minimum absolute atomic E-state index is 0.177. The fourth-order valence-corrected chi connectivity index (χ4v) is 3.09. The van der Waals surface area contributed by atoms with Gasteiger partial charge in [-0.1, -0.05) is 66.2 Å². The summed E-state index contributed by atoms with van der Waals surface area (Å²) in [5, 5.41) is 8.05. The molecule has 0 spiro atoms. The Kier molecular flexibility index (Phi) is 5.71. The van der Waals surface area contributed by atoms with E-state index in [9.17, 15) is 9.59 Å². The fraction of sp³-hybridized carbons (Fsp3) is 0.120. The summed E-state index contributed by atoms with van der Waals surface area (Å²) in [5.74, 6) is -0.365. The molecule has 0 saturated heterocycles. The molecule has 6 nitrogen and oxygen atoms in total. The van der Waals surface area contributed by atoms with Crippen molar-refractivity contribution < 1.29 is 18.7 Å². The smallest absolute Gasteiger partial charge is 0.339 e. The highest BCUT2D eigenvalue weighted by Crippen LogP contribution is 2.24. The third-order valence-corrected chi connectivity index (χ3v) is 4.80. The highest BCUT2D eigenvalue weighted by Gasteiger charge is 2.23. The van der Waals surface area contributed by atoms with Crippen LogP contribution in [0.4, 0.5) is 0 Å². The zero-order valence-corrected chi connectivity index (χ0v) is 17.1. The number of hydrogen-bond donors (Lipinski definition) is 0. The molecule has 0 bridgehead atoms. The van der Waals surface area contributed by atoms with Crippen molar-refractivity contribution in [2.24, 2.45) is 0 Å². The van der Waals surface area contributed by atoms with Crippen molar-refractivity contribution in [2.45, 2.75) is 20.0 Å². The van der Waals surface area contributed by atoms with Crippen LogP contribution in [0.3, 0.4) is 0 Å². The van der Waals surface area contributed by atoms with Gasteiger partial charge in [-0.15, -0.1) is 10.2 Å². The second-order valence-corrected chi connectivity index (χ2v) is 7.10. The van der Waals surface area contributed by atoms with Crippen LogP contribution in [0.1, 0.15) is 50.8 Å². The molecule has 0 aliphatic rings. The highest BCUT2D eigenvalue weighted by molar-refractivity contribution is 6.14. The van der Waals surface area contributed by atoms with E-state index in [1.165, 1.54) is 0 Å². The van der Waals surface area contributed by atoms with Crippen LogP contribution in [-0.4, -0.2) is 21.9 Å². The Labute approximate surface area is 179 Å². The van der Waals surface area contributed by atoms with Gasteiger partial charge >= 0.3 is 5.97 Å². The van der Waals surface area contributed by atoms with Crippen molar-refractivity contribution in [1.82, 2.24) is 10.2 Å². The molecule has 0 saturated carbocycles. The Hall–Kier alpha value is -4.06. The number of esters is 1. The predicted octanol–water partition coefficient (Wildman–Crippen LogP) is 5.19. The van der Waals surface area contributed by atoms with Crippen LogP contribution >= 0.6 is 0 Å². The first kappa shape index (κ1) is 20.2. The van der Waals surface area contributed by atoms with Gasteiger partial charge in [-0.3, -0.25) is 4.79 Å². The third-order valence-electron chi connectivity index (χ3n) is 4.80. The Morgan fingerprint density at radius 3 is 2.19 bits per heavy atom. The van der Waals surface area contributed by atoms with Gasteiger partial charge in [0.1, 0.15) is 0 Å². The molecule has 31 heavy (non-hydrogen) atoms. The SMILES string of the molecule is Cc1ccc(-c2nnc(C(C)OC(=O)c3ccccc3C(=O)c3ccccc3)o2)cc1. The summed E-state index contributed by atoms with van der Waals surface area (Å²) in [6, 6.07) is 23.0. The first-order chi connectivity index (χ1) is 15.0. The maximum atomic E-state index is 12.9. The van der Waals surface area contributed by atoms with Gasteiger partial charge in [-0.05, 0) is 32.0 Å². The normalized spacial score (nSPS) is 11.7. The number of ether oxygens (including phenoxy) is 1. The van der Waals surface area contributed by atoms with Crippen molar-refractivity contribution in [3.63, 3.8) is 0 Å². The van der Waals surface area contributed by atoms with E-state index < -0.39 is 12.1 Å². The maximum Gasteiger partial charge on any atom is 0.339 e. The highest BCUT2D eigenvalue weighted by atomic mass is 16.6. The Morgan fingerprint density at radius 2 is 1.48 bits per heavy atom. The van der Waals surface area contributed by atoms with Crippen molar-refractivity contribution in [3.05, 3.63) is 107 Å². The average Bonchev–Trinajstić information content (AvgIpc) is 3.30. The molecule has 1 heterocycles. The van der Waals surface area contributed by atoms with E-state index in [4.69, 9.17) is 9.15 Å². The standard InChI is InChI=1S/C25H20N2O4/c1-16-12-14-19(15-13-16)24-27-26-23(31-24)17(2)30-25(29)21-11-7-6-10-20(21)22(28)18-8-4-3-5-9-18/h3-15,17H,1-2H3. The lowest BCUT2D eigenvalue weighted by Crippen LogP contribution is -2.14. The van der Waals surface area contributed by atoms with Crippen LogP contribution < -0.4 is 0 Å². The lowest BCUT2D eigenvalue weighted by Gasteiger charge is -2.12. The van der Waals surface area contributed by atoms with Crippen LogP contribution in [-0.2, 0) is 4.74 Å². The number of ketones is 1. The van der Waals surface area contributed by atoms with E-state index in [0.717, 1.165) is 11.1 Å². The quantitative estimate of drug-likeness (QED) is 0.320. The molecular weight excluding hydrogens is 392 g/mol. The number of carbonyl (C=O) groups is 2. The molecule has 154 valence electrons. The molecule has 1 unspecified atom stereocenters. The summed E-state index contributed by atoms with van der Waals surface area (Å²) in [5.41, 5.74) is 2.85. The molecule has 3 aromatic carbocycles. The van der Waals surface area contributed by atoms with Gasteiger partial charge < -0.3 is 9.15 Å². The monoisotopic (exact) mass is 412 g/mol. The van der Waals surface area contributed by atoms with Gasteiger partial charge in [0.25, 0.3) is 5.89 Å². The molecular formula is C25H20N2O4. The molecule has 1 atom stereocenters. The number of nitrogens with zero attached hydrogens (tertiary/aromatic N) is 2. The number of aromatic nitrogens is 2. The number of benzene rings is 3. The molecule has 0 aliphatic carbocycles. The van der Waals surface area contributed by atoms with Crippen molar-refractivity contribution in [1.29, 1.82) is 0 Å². The second-order valence-electron chi connectivity index (χ2n) is 7.10. The summed E-state index contributed by atoms with van der Waals surface area (Å²) in [6.45, 7) is 3.64. The third kappa shape index (κ3) is 4.43. The molecule has 0 amide bonds. The van der Waals surface area contributed by atoms with E-state index in [2.05, 4.69) is 10.2 Å². The van der Waals surface area contributed by atoms with Crippen molar-refractivity contribution in [2.75, 3.05) is 0 Å². The largest absolute Gasteiger partial charge is 0.449 e. The Bertz CT molecular complexity index is 1210. The van der Waals surface area contributed by atoms with Crippen LogP contribution in [0.5, 0.6) is 0 Å². The predicted molar refractivity (Wildman–Crippen MR) is 115 cm³/mol. The van der Waals surface area contributed by atoms with Crippen LogP contribution in [0.25, 0.3) is 11.5 Å². The topological polar surface area (TPSA) is 82.3 Å². The van der Waals surface area contributed by atoms with E-state index in [-0.39, 0.29) is 22.8 Å². The van der Waals surface area contributed by atoms with E-state index in [1.807, 2.05) is 37.3 Å². The Morgan fingerprint density at radius 1 is 0.839 bits per heavy atom. The summed E-state index contributed by atoms with van der Waals surface area (Å²) >= 11 is 0. The minimum Gasteiger partial charge on any atom is -0.449 e. The Balaban J connectivity index is 1.53. The van der Waals surface area contributed by atoms with Gasteiger partial charge in [0.15, 0.2) is 11.9 Å². The average molecular weight is 412 g/mol. The first-order valence-corrected chi connectivity index (χ1v) is 9.83. The van der Waals surface area contributed by atoms with Crippen molar-refractivity contribution >= 4 is 11.8 Å². The van der Waals surface area contributed by atoms with E-state index in [0.29, 0.717) is 11.5 Å². The van der Waals surface area contributed by atoms with Gasteiger partial charge in [0.2, 0.25) is 5.89 Å². The summed E-state index contributed by atoms with van der Waals surface area (Å²) in [6.07, 6.45) is -0.779. The fourth-order valence-electron chi connectivity index (χ4n) is 3.09. The van der Waals surface area contributed by atoms with Crippen LogP contribution in [0.15, 0.2) is 83.3 Å². The maximum absolute atomic E-state index is 12.9. The number of rotatable bonds is 6. The minimum atomic E-state index is -0.779. The molecule has 0 fully saturated rings. The first-order valence-electron chi connectivity index (χ1n) is 9.83. The second kappa shape index (κ2) is 8.75. The molecule has 0 aliphatic heterocycles. The molecule has 1 aromatic heterocycles. The molecule has 0 radical (unpaired) electrons. The van der Waals surface area contributed by atoms with Crippen LogP contribution in [0, 0.1) is 6.92 Å². The number of aryl methyl sites for hydroxylation is 1. The molecule has 4 rings (SSSR count). The van der Waals surface area contributed by atoms with E-state index >= 15 is 0 Å². The summed E-state index contributed by atoms with van der Waals surface area (Å²) in [4.78, 5) is 25.7. The van der Waals surface area contributed by atoms with Gasteiger partial charge in [0.05, 0.1) is 5.56 Å². The van der Waals surface area contributed by atoms with E-state index in [1.54, 1.807) is 55.5 Å². The number of hydrogen-bond acceptors (Lipinski definition) is 6. The molecule has 6 heteroatoms. The van der Waals surface area contributed by atoms with Crippen LogP contribution in [0.2, 0.25) is 0 Å². The lowest BCUT2D eigenvalue weighted by molar-refractivity contribution is 0.0278. The molecule has 0 N–H and O–H groups in total. The number of carbonyl (C=O) groups excluding carboxylic acids is 2. The van der Waals surface area contributed by atoms with Gasteiger partial charge in [-0.25, -0.2) is 4.79 Å². The summed E-state index contributed by atoms with van der Waals surface area (Å²) in [7, 11) is 0. The lowest BCUT2D eigenvalue weighted by atomic mass is 9.98. The molecule has 4 aromatic rings.